The second-order valence-corrected chi connectivity index (χ2v) is 4.70. The van der Waals surface area contributed by atoms with Crippen LogP contribution in [0.3, 0.4) is 0 Å². The first-order valence-electron chi connectivity index (χ1n) is 5.86. The number of Topliss-reactive ketones (excluding diaryl/α,β-unsaturated/α-hetero) is 2. The van der Waals surface area contributed by atoms with E-state index in [-0.39, 0.29) is 19.3 Å². The van der Waals surface area contributed by atoms with Crippen molar-refractivity contribution in [3.05, 3.63) is 0 Å². The lowest BCUT2D eigenvalue weighted by Crippen LogP contribution is -2.62. The first-order valence-corrected chi connectivity index (χ1v) is 5.86. The third-order valence-electron chi connectivity index (χ3n) is 3.27. The summed E-state index contributed by atoms with van der Waals surface area (Å²) in [6, 6.07) is 0. The van der Waals surface area contributed by atoms with E-state index in [0.717, 1.165) is 0 Å². The minimum Gasteiger partial charge on any atom is -0.299 e. The van der Waals surface area contributed by atoms with E-state index in [0.29, 0.717) is 0 Å². The van der Waals surface area contributed by atoms with Crippen molar-refractivity contribution in [3.63, 3.8) is 0 Å². The maximum atomic E-state index is 13.3. The van der Waals surface area contributed by atoms with Crippen LogP contribution in [0.25, 0.3) is 0 Å². The van der Waals surface area contributed by atoms with E-state index in [1.54, 1.807) is 0 Å². The molecule has 21 heavy (non-hydrogen) atoms. The quantitative estimate of drug-likeness (QED) is 0.572. The molecule has 0 aromatic carbocycles. The molecule has 0 radical (unpaired) electrons. The summed E-state index contributed by atoms with van der Waals surface area (Å²) < 4.78 is 102. The number of hydrogen-bond acceptors (Lipinski definition) is 2. The number of carbonyl (C=O) groups is 2. The first-order chi connectivity index (χ1) is 9.37. The molecule has 10 heteroatoms. The van der Waals surface area contributed by atoms with Gasteiger partial charge in [0.15, 0.2) is 0 Å². The minimum atomic E-state index is -6.59. The fraction of sp³-hybridized carbons (Fsp3) is 0.818. The van der Waals surface area contributed by atoms with Gasteiger partial charge in [0, 0.05) is 6.42 Å². The molecule has 1 aliphatic rings. The third-order valence-corrected chi connectivity index (χ3v) is 3.27. The maximum absolute atomic E-state index is 13.3. The molecule has 122 valence electrons. The van der Waals surface area contributed by atoms with Gasteiger partial charge in [-0.3, -0.25) is 9.59 Å². The molecular weight excluding hydrogens is 316 g/mol. The average Bonchev–Trinajstić information content (AvgIpc) is 2.37. The van der Waals surface area contributed by atoms with Crippen LogP contribution in [0.15, 0.2) is 0 Å². The van der Waals surface area contributed by atoms with Gasteiger partial charge in [-0.2, -0.15) is 26.3 Å². The Morgan fingerprint density at radius 2 is 1.57 bits per heavy atom. The maximum Gasteiger partial charge on any atom is 0.385 e. The van der Waals surface area contributed by atoms with Crippen molar-refractivity contribution >= 4 is 11.6 Å². The zero-order valence-corrected chi connectivity index (χ0v) is 10.3. The smallest absolute Gasteiger partial charge is 0.299 e. The van der Waals surface area contributed by atoms with Crippen molar-refractivity contribution in [2.75, 3.05) is 0 Å². The lowest BCUT2D eigenvalue weighted by Gasteiger charge is -2.33. The minimum absolute atomic E-state index is 0.0923. The second kappa shape index (κ2) is 5.53. The standard InChI is InChI=1S/C11H10F8O2/c12-8(13)10(16,17)11(18,19)9(14,15)7(21)5-3-1-2-4-6(5)20/h5,8H,1-4H2. The number of rotatable bonds is 5. The molecule has 1 saturated carbocycles. The summed E-state index contributed by atoms with van der Waals surface area (Å²) in [7, 11) is 0. The van der Waals surface area contributed by atoms with Crippen LogP contribution in [0, 0.1) is 5.92 Å². The van der Waals surface area contributed by atoms with Gasteiger partial charge in [-0.05, 0) is 12.8 Å². The summed E-state index contributed by atoms with van der Waals surface area (Å²) in [5.41, 5.74) is 0. The van der Waals surface area contributed by atoms with Crippen LogP contribution < -0.4 is 0 Å². The van der Waals surface area contributed by atoms with Crippen molar-refractivity contribution in [2.24, 2.45) is 5.92 Å². The molecule has 0 aromatic rings. The largest absolute Gasteiger partial charge is 0.385 e. The van der Waals surface area contributed by atoms with Crippen molar-refractivity contribution in [1.82, 2.24) is 0 Å². The Morgan fingerprint density at radius 3 is 2.00 bits per heavy atom. The van der Waals surface area contributed by atoms with Gasteiger partial charge in [-0.25, -0.2) is 8.78 Å². The monoisotopic (exact) mass is 326 g/mol. The molecule has 1 aliphatic carbocycles. The average molecular weight is 326 g/mol. The fourth-order valence-electron chi connectivity index (χ4n) is 1.98. The van der Waals surface area contributed by atoms with E-state index in [1.807, 2.05) is 0 Å². The topological polar surface area (TPSA) is 34.1 Å². The Bertz CT molecular complexity index is 432. The molecule has 0 aromatic heterocycles. The molecule has 0 spiro atoms. The normalized spacial score (nSPS) is 21.8. The van der Waals surface area contributed by atoms with Gasteiger partial charge in [0.05, 0.1) is 5.92 Å². The number of alkyl halides is 8. The molecule has 0 heterocycles. The van der Waals surface area contributed by atoms with Gasteiger partial charge in [0.25, 0.3) is 0 Å². The van der Waals surface area contributed by atoms with Crippen molar-refractivity contribution < 1.29 is 44.7 Å². The second-order valence-electron chi connectivity index (χ2n) is 4.70. The number of hydrogen-bond donors (Lipinski definition) is 0. The van der Waals surface area contributed by atoms with Crippen molar-refractivity contribution in [1.29, 1.82) is 0 Å². The number of halogens is 8. The fourth-order valence-corrected chi connectivity index (χ4v) is 1.98. The summed E-state index contributed by atoms with van der Waals surface area (Å²) in [5, 5.41) is 0. The van der Waals surface area contributed by atoms with E-state index in [2.05, 4.69) is 0 Å². The van der Waals surface area contributed by atoms with Crippen LogP contribution in [-0.2, 0) is 9.59 Å². The van der Waals surface area contributed by atoms with Gasteiger partial charge in [0.1, 0.15) is 5.78 Å². The van der Waals surface area contributed by atoms with Crippen LogP contribution in [0.1, 0.15) is 25.7 Å². The third kappa shape index (κ3) is 2.76. The first kappa shape index (κ1) is 17.8. The Kier molecular flexibility index (Phi) is 4.69. The highest BCUT2D eigenvalue weighted by Crippen LogP contribution is 2.50. The molecule has 0 aliphatic heterocycles. The van der Waals surface area contributed by atoms with E-state index >= 15 is 0 Å². The SMILES string of the molecule is O=C1CCCCC1C(=O)C(F)(F)C(F)(F)C(F)(F)C(F)F. The lowest BCUT2D eigenvalue weighted by molar-refractivity contribution is -0.328. The van der Waals surface area contributed by atoms with E-state index in [1.165, 1.54) is 0 Å². The van der Waals surface area contributed by atoms with Crippen molar-refractivity contribution in [2.45, 2.75) is 49.9 Å². The Labute approximate surface area is 113 Å². The summed E-state index contributed by atoms with van der Waals surface area (Å²) in [4.78, 5) is 22.6. The molecule has 1 rings (SSSR count). The molecule has 0 amide bonds. The predicted octanol–water partition coefficient (Wildman–Crippen LogP) is 3.49. The number of carbonyl (C=O) groups excluding carboxylic acids is 2. The highest BCUT2D eigenvalue weighted by molar-refractivity contribution is 6.06. The van der Waals surface area contributed by atoms with Gasteiger partial charge in [-0.1, -0.05) is 6.42 Å². The number of ketones is 2. The molecule has 0 bridgehead atoms. The summed E-state index contributed by atoms with van der Waals surface area (Å²) in [5.74, 6) is -25.1. The van der Waals surface area contributed by atoms with Gasteiger partial charge >= 0.3 is 24.2 Å². The molecule has 1 atom stereocenters. The molecule has 0 saturated heterocycles. The lowest BCUT2D eigenvalue weighted by atomic mass is 9.81. The highest BCUT2D eigenvalue weighted by atomic mass is 19.4. The van der Waals surface area contributed by atoms with Crippen LogP contribution in [0.4, 0.5) is 35.1 Å². The van der Waals surface area contributed by atoms with Gasteiger partial charge < -0.3 is 0 Å². The van der Waals surface area contributed by atoms with Crippen LogP contribution in [0.2, 0.25) is 0 Å². The van der Waals surface area contributed by atoms with Crippen LogP contribution in [0.5, 0.6) is 0 Å². The Morgan fingerprint density at radius 1 is 1.05 bits per heavy atom. The van der Waals surface area contributed by atoms with Crippen LogP contribution in [-0.4, -0.2) is 35.8 Å². The van der Waals surface area contributed by atoms with E-state index in [9.17, 15) is 44.7 Å². The molecule has 1 unspecified atom stereocenters. The Balaban J connectivity index is 3.13. The summed E-state index contributed by atoms with van der Waals surface area (Å²) in [6.07, 6.45) is -5.58. The molecular formula is C11H10F8O2. The molecule has 1 fully saturated rings. The zero-order valence-electron chi connectivity index (χ0n) is 10.3. The van der Waals surface area contributed by atoms with Gasteiger partial charge in [-0.15, -0.1) is 0 Å². The van der Waals surface area contributed by atoms with Crippen LogP contribution >= 0.6 is 0 Å². The summed E-state index contributed by atoms with van der Waals surface area (Å²) >= 11 is 0. The predicted molar refractivity (Wildman–Crippen MR) is 52.8 cm³/mol. The molecule has 0 N–H and O–H groups in total. The van der Waals surface area contributed by atoms with E-state index < -0.39 is 48.1 Å². The van der Waals surface area contributed by atoms with Crippen molar-refractivity contribution in [3.8, 4) is 0 Å². The highest BCUT2D eigenvalue weighted by Gasteiger charge is 2.78. The Hall–Kier alpha value is -1.22. The molecule has 2 nitrogen and oxygen atoms in total. The van der Waals surface area contributed by atoms with E-state index in [4.69, 9.17) is 0 Å². The summed E-state index contributed by atoms with van der Waals surface area (Å²) in [6.45, 7) is 0. The van der Waals surface area contributed by atoms with Gasteiger partial charge in [0.2, 0.25) is 5.78 Å². The zero-order chi connectivity index (χ0) is 16.6.